The van der Waals surface area contributed by atoms with Crippen LogP contribution in [0.2, 0.25) is 0 Å². The summed E-state index contributed by atoms with van der Waals surface area (Å²) in [6.07, 6.45) is 20.7. The molecule has 0 rings (SSSR count). The van der Waals surface area contributed by atoms with E-state index in [9.17, 15) is 0 Å². The predicted molar refractivity (Wildman–Crippen MR) is 90.5 cm³/mol. The van der Waals surface area contributed by atoms with Gasteiger partial charge in [-0.15, -0.1) is 0 Å². The Morgan fingerprint density at radius 1 is 0.684 bits per heavy atom. The van der Waals surface area contributed by atoms with Crippen molar-refractivity contribution in [2.45, 2.75) is 72.6 Å². The quantitative estimate of drug-likeness (QED) is 0.374. The van der Waals surface area contributed by atoms with Crippen molar-refractivity contribution in [1.29, 1.82) is 0 Å². The maximum Gasteiger partial charge on any atom is 0.0773 e. The highest BCUT2D eigenvalue weighted by Crippen LogP contribution is 2.60. The Morgan fingerprint density at radius 3 is 1.42 bits per heavy atom. The molecule has 0 amide bonds. The Morgan fingerprint density at radius 2 is 1.11 bits per heavy atom. The van der Waals surface area contributed by atoms with Gasteiger partial charge in [0.2, 0.25) is 0 Å². The van der Waals surface area contributed by atoms with Gasteiger partial charge in [-0.2, -0.15) is 0 Å². The van der Waals surface area contributed by atoms with Gasteiger partial charge in [0.1, 0.15) is 0 Å². The molecule has 0 fully saturated rings. The molecule has 0 N–H and O–H groups in total. The number of hydrogen-bond acceptors (Lipinski definition) is 0. The minimum Gasteiger partial charge on any atom is -1.00 e. The highest BCUT2D eigenvalue weighted by atomic mass is 79.9. The molecule has 0 nitrogen and oxygen atoms in total. The third-order valence-corrected chi connectivity index (χ3v) is 8.63. The normalized spacial score (nSPS) is 11.8. The van der Waals surface area contributed by atoms with Crippen molar-refractivity contribution in [2.24, 2.45) is 0 Å². The first-order chi connectivity index (χ1) is 8.74. The average molecular weight is 351 g/mol. The van der Waals surface area contributed by atoms with Crippen LogP contribution < -0.4 is 17.0 Å². The van der Waals surface area contributed by atoms with Crippen LogP contribution >= 0.6 is 7.26 Å². The maximum absolute atomic E-state index is 2.51. The van der Waals surface area contributed by atoms with E-state index in [4.69, 9.17) is 0 Å². The van der Waals surface area contributed by atoms with Crippen LogP contribution in [0.3, 0.4) is 0 Å². The van der Waals surface area contributed by atoms with Crippen LogP contribution in [0.5, 0.6) is 0 Å². The van der Waals surface area contributed by atoms with Crippen molar-refractivity contribution in [3.63, 3.8) is 0 Å². The van der Waals surface area contributed by atoms with Crippen molar-refractivity contribution in [3.8, 4) is 0 Å². The molecule has 0 heterocycles. The van der Waals surface area contributed by atoms with Gasteiger partial charge in [-0.05, 0) is 25.7 Å². The molecular formula is C17H36BrP. The lowest BCUT2D eigenvalue weighted by Gasteiger charge is -2.26. The molecule has 19 heavy (non-hydrogen) atoms. The van der Waals surface area contributed by atoms with E-state index >= 15 is 0 Å². The molecule has 0 aliphatic heterocycles. The molecule has 0 atom stereocenters. The summed E-state index contributed by atoms with van der Waals surface area (Å²) in [5.74, 6) is 0. The number of hydrogen-bond donors (Lipinski definition) is 0. The molecule has 0 spiro atoms. The average Bonchev–Trinajstić information content (AvgIpc) is 2.40. The highest BCUT2D eigenvalue weighted by molar-refractivity contribution is 7.76. The number of unbranched alkanes of at least 4 members (excludes halogenated alkanes) is 3. The Balaban J connectivity index is 0. The van der Waals surface area contributed by atoms with Crippen molar-refractivity contribution in [1.82, 2.24) is 0 Å². The Hall–Kier alpha value is 0.650. The molecular weight excluding hydrogens is 315 g/mol. The van der Waals surface area contributed by atoms with Gasteiger partial charge in [0.25, 0.3) is 0 Å². The Labute approximate surface area is 133 Å². The first-order valence-electron chi connectivity index (χ1n) is 8.24. The fourth-order valence-electron chi connectivity index (χ4n) is 2.55. The second-order valence-electron chi connectivity index (χ2n) is 5.64. The van der Waals surface area contributed by atoms with Crippen LogP contribution in [-0.2, 0) is 0 Å². The van der Waals surface area contributed by atoms with E-state index < -0.39 is 7.26 Å². The summed E-state index contributed by atoms with van der Waals surface area (Å²) in [5, 5.41) is 0. The molecule has 116 valence electrons. The molecule has 0 bridgehead atoms. The number of rotatable bonds is 12. The molecule has 2 heteroatoms. The van der Waals surface area contributed by atoms with Crippen molar-refractivity contribution in [2.75, 3.05) is 24.6 Å². The summed E-state index contributed by atoms with van der Waals surface area (Å²) in [6.45, 7) is 9.28. The van der Waals surface area contributed by atoms with Crippen molar-refractivity contribution in [3.05, 3.63) is 12.2 Å². The van der Waals surface area contributed by atoms with Crippen LogP contribution in [0, 0.1) is 0 Å². The fraction of sp³-hybridized carbons (Fsp3) is 0.882. The molecule has 0 saturated heterocycles. The smallest absolute Gasteiger partial charge is 0.0773 e. The van der Waals surface area contributed by atoms with Crippen LogP contribution in [0.1, 0.15) is 72.6 Å². The van der Waals surface area contributed by atoms with Crippen LogP contribution in [-0.4, -0.2) is 24.6 Å². The topological polar surface area (TPSA) is 0 Å². The fourth-order valence-corrected chi connectivity index (χ4v) is 7.33. The first kappa shape index (κ1) is 21.9. The monoisotopic (exact) mass is 350 g/mol. The standard InChI is InChI=1S/C17H36P.BrH/c1-5-9-13-17-18(14-10-6-2,15-11-7-3)16-12-8-4;/h9,13H,5-8,10-12,14-17H2,1-4H3;1H/q+1;/p-1/b13-9+;. The summed E-state index contributed by atoms with van der Waals surface area (Å²) in [6, 6.07) is 0. The largest absolute Gasteiger partial charge is 1.00 e. The maximum atomic E-state index is 2.51. The minimum atomic E-state index is -0.662. The second kappa shape index (κ2) is 15.0. The van der Waals surface area contributed by atoms with Crippen LogP contribution in [0.4, 0.5) is 0 Å². The lowest BCUT2D eigenvalue weighted by molar-refractivity contribution is -0.00000419. The van der Waals surface area contributed by atoms with Crippen molar-refractivity contribution < 1.29 is 17.0 Å². The van der Waals surface area contributed by atoms with Gasteiger partial charge in [-0.1, -0.05) is 59.1 Å². The zero-order valence-electron chi connectivity index (χ0n) is 13.8. The van der Waals surface area contributed by atoms with E-state index in [0.29, 0.717) is 0 Å². The van der Waals surface area contributed by atoms with Gasteiger partial charge in [0.05, 0.1) is 24.6 Å². The van der Waals surface area contributed by atoms with Gasteiger partial charge in [-0.3, -0.25) is 0 Å². The zero-order valence-corrected chi connectivity index (χ0v) is 16.2. The molecule has 0 unspecified atom stereocenters. The molecule has 0 aromatic carbocycles. The summed E-state index contributed by atoms with van der Waals surface area (Å²) >= 11 is 0. The molecule has 0 aromatic heterocycles. The lowest BCUT2D eigenvalue weighted by Crippen LogP contribution is -3.00. The third-order valence-electron chi connectivity index (χ3n) is 3.85. The molecule has 0 radical (unpaired) electrons. The zero-order chi connectivity index (χ0) is 13.7. The first-order valence-corrected chi connectivity index (χ1v) is 10.8. The minimum absolute atomic E-state index is 0. The summed E-state index contributed by atoms with van der Waals surface area (Å²) < 4.78 is 0. The van der Waals surface area contributed by atoms with E-state index in [-0.39, 0.29) is 17.0 Å². The predicted octanol–water partition coefficient (Wildman–Crippen LogP) is 3.37. The van der Waals surface area contributed by atoms with Crippen LogP contribution in [0.15, 0.2) is 12.2 Å². The number of halogens is 1. The van der Waals surface area contributed by atoms with E-state index in [1.54, 1.807) is 18.5 Å². The SMILES string of the molecule is CC/C=C/C[P+](CCCC)(CCCC)CCCC.[Br-]. The number of allylic oxidation sites excluding steroid dienone is 2. The Bertz CT molecular complexity index is 180. The molecule has 0 aliphatic carbocycles. The Kier molecular flexibility index (Phi) is 17.4. The summed E-state index contributed by atoms with van der Waals surface area (Å²) in [4.78, 5) is 0. The van der Waals surface area contributed by atoms with E-state index in [2.05, 4.69) is 39.8 Å². The third kappa shape index (κ3) is 11.0. The van der Waals surface area contributed by atoms with E-state index in [1.165, 1.54) is 51.1 Å². The van der Waals surface area contributed by atoms with Gasteiger partial charge >= 0.3 is 0 Å². The van der Waals surface area contributed by atoms with E-state index in [1.807, 2.05) is 0 Å². The van der Waals surface area contributed by atoms with Gasteiger partial charge < -0.3 is 17.0 Å². The van der Waals surface area contributed by atoms with Crippen LogP contribution in [0.25, 0.3) is 0 Å². The highest BCUT2D eigenvalue weighted by Gasteiger charge is 2.33. The van der Waals surface area contributed by atoms with E-state index in [0.717, 1.165) is 0 Å². The second-order valence-corrected chi connectivity index (χ2v) is 10.0. The lowest BCUT2D eigenvalue weighted by atomic mass is 10.4. The summed E-state index contributed by atoms with van der Waals surface area (Å²) in [7, 11) is -0.662. The van der Waals surface area contributed by atoms with Gasteiger partial charge in [0.15, 0.2) is 0 Å². The molecule has 0 saturated carbocycles. The molecule has 0 aliphatic rings. The van der Waals surface area contributed by atoms with Gasteiger partial charge in [-0.25, -0.2) is 0 Å². The van der Waals surface area contributed by atoms with Gasteiger partial charge in [0, 0.05) is 7.26 Å². The molecule has 0 aromatic rings. The summed E-state index contributed by atoms with van der Waals surface area (Å²) in [5.41, 5.74) is 0. The van der Waals surface area contributed by atoms with Crippen molar-refractivity contribution >= 4 is 7.26 Å².